The largest absolute Gasteiger partial charge is 0.466 e. The summed E-state index contributed by atoms with van der Waals surface area (Å²) in [5.74, 6) is -1.96. The van der Waals surface area contributed by atoms with Crippen LogP contribution in [0, 0.1) is 0 Å². The van der Waals surface area contributed by atoms with Crippen LogP contribution in [0.4, 0.5) is 0 Å². The van der Waals surface area contributed by atoms with Crippen LogP contribution >= 0.6 is 0 Å². The second-order valence-electron chi connectivity index (χ2n) is 8.16. The average Bonchev–Trinajstić information content (AvgIpc) is 2.76. The summed E-state index contributed by atoms with van der Waals surface area (Å²) in [6, 6.07) is 0. The van der Waals surface area contributed by atoms with Crippen molar-refractivity contribution in [3.63, 3.8) is 0 Å². The molecule has 0 aliphatic carbocycles. The van der Waals surface area contributed by atoms with Crippen LogP contribution in [0.2, 0.25) is 0 Å². The van der Waals surface area contributed by atoms with Gasteiger partial charge in [0.05, 0.1) is 13.2 Å². The molecule has 0 fully saturated rings. The number of hydrogen-bond donors (Lipinski definition) is 2. The molecule has 0 aliphatic heterocycles. The SMILES string of the molecule is CCCCCCCCCCCCOC(=O)CCCCCCCC(=O)OC(=O)C(O)CO. The maximum absolute atomic E-state index is 11.7. The number of aliphatic hydroxyl groups is 2. The predicted octanol–water partition coefficient (Wildman–Crippen LogP) is 4.60. The van der Waals surface area contributed by atoms with Crippen molar-refractivity contribution in [1.82, 2.24) is 0 Å². The van der Waals surface area contributed by atoms with Gasteiger partial charge in [-0.1, -0.05) is 84.0 Å². The summed E-state index contributed by atoms with van der Waals surface area (Å²) in [6.45, 7) is 1.98. The van der Waals surface area contributed by atoms with E-state index < -0.39 is 24.6 Å². The molecule has 0 aromatic rings. The van der Waals surface area contributed by atoms with Gasteiger partial charge in [0.15, 0.2) is 6.10 Å². The van der Waals surface area contributed by atoms with Crippen LogP contribution in [0.3, 0.4) is 0 Å². The minimum atomic E-state index is -1.67. The second-order valence-corrected chi connectivity index (χ2v) is 8.16. The van der Waals surface area contributed by atoms with Gasteiger partial charge in [0.1, 0.15) is 0 Å². The third-order valence-electron chi connectivity index (χ3n) is 5.18. The maximum atomic E-state index is 11.7. The van der Waals surface area contributed by atoms with Crippen LogP contribution < -0.4 is 0 Å². The minimum Gasteiger partial charge on any atom is -0.466 e. The van der Waals surface area contributed by atoms with Crippen molar-refractivity contribution in [2.75, 3.05) is 13.2 Å². The highest BCUT2D eigenvalue weighted by atomic mass is 16.6. The molecule has 182 valence electrons. The van der Waals surface area contributed by atoms with Gasteiger partial charge in [-0.25, -0.2) is 4.79 Å². The quantitative estimate of drug-likeness (QED) is 0.151. The fourth-order valence-corrected chi connectivity index (χ4v) is 3.22. The van der Waals surface area contributed by atoms with Crippen LogP contribution in [0.1, 0.15) is 116 Å². The van der Waals surface area contributed by atoms with Crippen molar-refractivity contribution in [3.05, 3.63) is 0 Å². The highest BCUT2D eigenvalue weighted by Gasteiger charge is 2.18. The molecular weight excluding hydrogens is 400 g/mol. The van der Waals surface area contributed by atoms with Crippen LogP contribution in [-0.2, 0) is 23.9 Å². The Labute approximate surface area is 187 Å². The first-order valence-electron chi connectivity index (χ1n) is 12.2. The molecule has 0 spiro atoms. The summed E-state index contributed by atoms with van der Waals surface area (Å²) in [4.78, 5) is 34.2. The first kappa shape index (κ1) is 29.5. The normalized spacial score (nSPS) is 11.8. The van der Waals surface area contributed by atoms with Gasteiger partial charge in [-0.2, -0.15) is 0 Å². The third-order valence-corrected chi connectivity index (χ3v) is 5.18. The van der Waals surface area contributed by atoms with Gasteiger partial charge in [0, 0.05) is 12.8 Å². The van der Waals surface area contributed by atoms with Gasteiger partial charge in [-0.05, 0) is 19.3 Å². The number of carbonyl (C=O) groups is 3. The number of carbonyl (C=O) groups excluding carboxylic acids is 3. The van der Waals surface area contributed by atoms with Crippen molar-refractivity contribution in [2.24, 2.45) is 0 Å². The summed E-state index contributed by atoms with van der Waals surface area (Å²) < 4.78 is 9.67. The number of rotatable bonds is 21. The summed E-state index contributed by atoms with van der Waals surface area (Å²) in [5, 5.41) is 17.6. The molecule has 0 saturated heterocycles. The summed E-state index contributed by atoms with van der Waals surface area (Å²) >= 11 is 0. The second kappa shape index (κ2) is 21.8. The Kier molecular flexibility index (Phi) is 20.7. The lowest BCUT2D eigenvalue weighted by molar-refractivity contribution is -0.167. The van der Waals surface area contributed by atoms with E-state index in [4.69, 9.17) is 14.9 Å². The predicted molar refractivity (Wildman–Crippen MR) is 119 cm³/mol. The fraction of sp³-hybridized carbons (Fsp3) is 0.875. The van der Waals surface area contributed by atoms with Gasteiger partial charge in [-0.3, -0.25) is 9.59 Å². The summed E-state index contributed by atoms with van der Waals surface area (Å²) in [5.41, 5.74) is 0. The molecule has 7 nitrogen and oxygen atoms in total. The fourth-order valence-electron chi connectivity index (χ4n) is 3.22. The van der Waals surface area contributed by atoms with E-state index in [2.05, 4.69) is 11.7 Å². The minimum absolute atomic E-state index is 0.0881. The Bertz CT molecular complexity index is 465. The molecule has 1 atom stereocenters. The lowest BCUT2D eigenvalue weighted by Crippen LogP contribution is -2.28. The van der Waals surface area contributed by atoms with E-state index in [0.717, 1.165) is 38.5 Å². The zero-order chi connectivity index (χ0) is 23.2. The molecule has 0 aromatic heterocycles. The summed E-state index contributed by atoms with van der Waals surface area (Å²) in [6.07, 6.45) is 15.3. The Hall–Kier alpha value is -1.47. The standard InChI is InChI=1S/C24H44O7/c1-2-3-4-5-6-7-8-9-13-16-19-30-22(27)17-14-11-10-12-15-18-23(28)31-24(29)21(26)20-25/h21,25-26H,2-20H2,1H3. The Morgan fingerprint density at radius 2 is 1.13 bits per heavy atom. The Balaban J connectivity index is 3.36. The first-order chi connectivity index (χ1) is 15.0. The zero-order valence-corrected chi connectivity index (χ0v) is 19.4. The molecule has 2 N–H and O–H groups in total. The molecule has 0 rings (SSSR count). The van der Waals surface area contributed by atoms with E-state index in [1.54, 1.807) is 0 Å². The van der Waals surface area contributed by atoms with Gasteiger partial charge in [0.2, 0.25) is 0 Å². The van der Waals surface area contributed by atoms with E-state index in [9.17, 15) is 14.4 Å². The van der Waals surface area contributed by atoms with Crippen molar-refractivity contribution >= 4 is 17.9 Å². The van der Waals surface area contributed by atoms with E-state index in [-0.39, 0.29) is 12.4 Å². The van der Waals surface area contributed by atoms with Crippen LogP contribution in [0.15, 0.2) is 0 Å². The molecule has 7 heteroatoms. The maximum Gasteiger partial charge on any atom is 0.345 e. The molecule has 0 aromatic carbocycles. The molecule has 0 amide bonds. The van der Waals surface area contributed by atoms with Gasteiger partial charge in [-0.15, -0.1) is 0 Å². The molecule has 0 saturated carbocycles. The number of unbranched alkanes of at least 4 members (excludes halogenated alkanes) is 13. The zero-order valence-electron chi connectivity index (χ0n) is 19.4. The van der Waals surface area contributed by atoms with Crippen molar-refractivity contribution < 1.29 is 34.1 Å². The van der Waals surface area contributed by atoms with Gasteiger partial charge >= 0.3 is 17.9 Å². The van der Waals surface area contributed by atoms with E-state index in [0.29, 0.717) is 19.4 Å². The van der Waals surface area contributed by atoms with E-state index in [1.165, 1.54) is 51.4 Å². The Morgan fingerprint density at radius 3 is 1.65 bits per heavy atom. The molecule has 0 radical (unpaired) electrons. The topological polar surface area (TPSA) is 110 Å². The monoisotopic (exact) mass is 444 g/mol. The van der Waals surface area contributed by atoms with Gasteiger partial charge < -0.3 is 19.7 Å². The number of aliphatic hydroxyl groups excluding tert-OH is 2. The molecule has 0 aliphatic rings. The lowest BCUT2D eigenvalue weighted by Gasteiger charge is -2.06. The summed E-state index contributed by atoms with van der Waals surface area (Å²) in [7, 11) is 0. The van der Waals surface area contributed by atoms with Crippen molar-refractivity contribution in [3.8, 4) is 0 Å². The van der Waals surface area contributed by atoms with E-state index in [1.807, 2.05) is 0 Å². The lowest BCUT2D eigenvalue weighted by atomic mass is 10.1. The molecule has 1 unspecified atom stereocenters. The van der Waals surface area contributed by atoms with Gasteiger partial charge in [0.25, 0.3) is 0 Å². The number of hydrogen-bond acceptors (Lipinski definition) is 7. The third kappa shape index (κ3) is 20.2. The van der Waals surface area contributed by atoms with Crippen molar-refractivity contribution in [1.29, 1.82) is 0 Å². The number of esters is 3. The van der Waals surface area contributed by atoms with Crippen LogP contribution in [0.25, 0.3) is 0 Å². The molecule has 31 heavy (non-hydrogen) atoms. The smallest absolute Gasteiger partial charge is 0.345 e. The highest BCUT2D eigenvalue weighted by Crippen LogP contribution is 2.11. The highest BCUT2D eigenvalue weighted by molar-refractivity contribution is 5.87. The molecular formula is C24H44O7. The molecule has 0 heterocycles. The van der Waals surface area contributed by atoms with Crippen molar-refractivity contribution in [2.45, 2.75) is 122 Å². The van der Waals surface area contributed by atoms with Crippen LogP contribution in [-0.4, -0.2) is 47.4 Å². The Morgan fingerprint density at radius 1 is 0.677 bits per heavy atom. The van der Waals surface area contributed by atoms with Crippen LogP contribution in [0.5, 0.6) is 0 Å². The number of ether oxygens (including phenoxy) is 2. The molecule has 0 bridgehead atoms. The first-order valence-corrected chi connectivity index (χ1v) is 12.2. The van der Waals surface area contributed by atoms with E-state index >= 15 is 0 Å². The average molecular weight is 445 g/mol.